The third-order valence-corrected chi connectivity index (χ3v) is 6.21. The van der Waals surface area contributed by atoms with E-state index in [0.29, 0.717) is 42.0 Å². The SMILES string of the molecule is CCn1c(=O)n(-c2ccc(F)cc2)c(=O)c2c3c(sc21)CN(C(C)=O)CC3. The Morgan fingerprint density at radius 2 is 1.93 bits per heavy atom. The Hall–Kier alpha value is -2.74. The molecule has 1 aromatic carbocycles. The maximum atomic E-state index is 13.3. The van der Waals surface area contributed by atoms with Crippen molar-refractivity contribution >= 4 is 27.5 Å². The summed E-state index contributed by atoms with van der Waals surface area (Å²) in [6.07, 6.45) is 0.579. The van der Waals surface area contributed by atoms with E-state index in [1.165, 1.54) is 42.5 Å². The van der Waals surface area contributed by atoms with Gasteiger partial charge in [0.15, 0.2) is 0 Å². The van der Waals surface area contributed by atoms with Crippen molar-refractivity contribution in [2.45, 2.75) is 33.4 Å². The number of nitrogens with zero attached hydrogens (tertiary/aromatic N) is 3. The number of rotatable bonds is 2. The van der Waals surface area contributed by atoms with Crippen molar-refractivity contribution in [3.63, 3.8) is 0 Å². The number of aromatic nitrogens is 2. The summed E-state index contributed by atoms with van der Waals surface area (Å²) in [5, 5.41) is 0.531. The molecule has 0 radical (unpaired) electrons. The minimum atomic E-state index is -0.441. The van der Waals surface area contributed by atoms with Gasteiger partial charge in [0.1, 0.15) is 10.6 Å². The molecule has 27 heavy (non-hydrogen) atoms. The molecule has 3 aromatic rings. The summed E-state index contributed by atoms with van der Waals surface area (Å²) in [7, 11) is 0. The number of carbonyl (C=O) groups excluding carboxylic acids is 1. The van der Waals surface area contributed by atoms with Crippen LogP contribution in [0.1, 0.15) is 24.3 Å². The van der Waals surface area contributed by atoms with Crippen LogP contribution < -0.4 is 11.2 Å². The summed E-state index contributed by atoms with van der Waals surface area (Å²) >= 11 is 1.40. The van der Waals surface area contributed by atoms with Crippen molar-refractivity contribution in [2.24, 2.45) is 0 Å². The van der Waals surface area contributed by atoms with E-state index in [0.717, 1.165) is 15.0 Å². The van der Waals surface area contributed by atoms with E-state index in [-0.39, 0.29) is 11.5 Å². The molecule has 0 fully saturated rings. The van der Waals surface area contributed by atoms with Gasteiger partial charge >= 0.3 is 5.69 Å². The smallest absolute Gasteiger partial charge is 0.336 e. The number of amides is 1. The molecule has 8 heteroatoms. The van der Waals surface area contributed by atoms with E-state index in [2.05, 4.69) is 0 Å². The predicted molar refractivity (Wildman–Crippen MR) is 102 cm³/mol. The molecular weight excluding hydrogens is 369 g/mol. The standard InChI is InChI=1S/C19H18FN3O3S/c1-3-22-18-16(14-8-9-21(11(2)24)10-15(14)27-18)17(25)23(19(22)26)13-6-4-12(20)5-7-13/h4-7H,3,8-10H2,1-2H3. The monoisotopic (exact) mass is 387 g/mol. The minimum Gasteiger partial charge on any atom is -0.337 e. The van der Waals surface area contributed by atoms with Gasteiger partial charge in [-0.1, -0.05) is 0 Å². The highest BCUT2D eigenvalue weighted by Gasteiger charge is 2.27. The second-order valence-electron chi connectivity index (χ2n) is 6.52. The number of aryl methyl sites for hydroxylation is 1. The highest BCUT2D eigenvalue weighted by molar-refractivity contribution is 7.18. The summed E-state index contributed by atoms with van der Waals surface area (Å²) in [6.45, 7) is 4.79. The molecule has 3 heterocycles. The zero-order valence-corrected chi connectivity index (χ0v) is 15.8. The van der Waals surface area contributed by atoms with Crippen LogP contribution in [0.4, 0.5) is 4.39 Å². The Bertz CT molecular complexity index is 1170. The molecule has 140 valence electrons. The van der Waals surface area contributed by atoms with Crippen LogP contribution in [0.3, 0.4) is 0 Å². The van der Waals surface area contributed by atoms with E-state index in [4.69, 9.17) is 0 Å². The zero-order valence-electron chi connectivity index (χ0n) is 15.0. The van der Waals surface area contributed by atoms with Gasteiger partial charge < -0.3 is 4.90 Å². The van der Waals surface area contributed by atoms with Gasteiger partial charge in [-0.3, -0.25) is 14.2 Å². The van der Waals surface area contributed by atoms with Crippen LogP contribution in [-0.2, 0) is 24.3 Å². The summed E-state index contributed by atoms with van der Waals surface area (Å²) in [6, 6.07) is 5.32. The van der Waals surface area contributed by atoms with E-state index < -0.39 is 11.5 Å². The fraction of sp³-hybridized carbons (Fsp3) is 0.316. The van der Waals surface area contributed by atoms with Crippen LogP contribution >= 0.6 is 11.3 Å². The number of fused-ring (bicyclic) bond motifs is 3. The van der Waals surface area contributed by atoms with Gasteiger partial charge in [-0.2, -0.15) is 0 Å². The summed E-state index contributed by atoms with van der Waals surface area (Å²) in [5.74, 6) is -0.435. The molecule has 1 aliphatic heterocycles. The molecule has 0 N–H and O–H groups in total. The van der Waals surface area contributed by atoms with Gasteiger partial charge in [-0.05, 0) is 43.2 Å². The lowest BCUT2D eigenvalue weighted by Gasteiger charge is -2.25. The lowest BCUT2D eigenvalue weighted by Crippen LogP contribution is -2.39. The molecule has 1 amide bonds. The highest BCUT2D eigenvalue weighted by Crippen LogP contribution is 2.33. The van der Waals surface area contributed by atoms with Crippen LogP contribution in [0.25, 0.3) is 15.9 Å². The quantitative estimate of drug-likeness (QED) is 0.678. The second kappa shape index (κ2) is 6.45. The number of hydrogen-bond donors (Lipinski definition) is 0. The van der Waals surface area contributed by atoms with Gasteiger partial charge in [0.05, 0.1) is 17.6 Å². The van der Waals surface area contributed by atoms with Gasteiger partial charge in [-0.15, -0.1) is 11.3 Å². The molecule has 0 atom stereocenters. The van der Waals surface area contributed by atoms with Crippen molar-refractivity contribution in [3.05, 3.63) is 61.4 Å². The van der Waals surface area contributed by atoms with E-state index in [1.807, 2.05) is 6.92 Å². The Morgan fingerprint density at radius 3 is 2.56 bits per heavy atom. The lowest BCUT2D eigenvalue weighted by atomic mass is 10.1. The van der Waals surface area contributed by atoms with Gasteiger partial charge in [0, 0.05) is 24.9 Å². The second-order valence-corrected chi connectivity index (χ2v) is 7.60. The fourth-order valence-corrected chi connectivity index (χ4v) is 4.98. The van der Waals surface area contributed by atoms with Gasteiger partial charge in [0.25, 0.3) is 5.56 Å². The van der Waals surface area contributed by atoms with E-state index >= 15 is 0 Å². The maximum Gasteiger partial charge on any atom is 0.336 e. The Labute approximate surface area is 158 Å². The largest absolute Gasteiger partial charge is 0.337 e. The van der Waals surface area contributed by atoms with Crippen LogP contribution in [0, 0.1) is 5.82 Å². The summed E-state index contributed by atoms with van der Waals surface area (Å²) in [5.41, 5.74) is 0.427. The Balaban J connectivity index is 2.03. The van der Waals surface area contributed by atoms with Crippen LogP contribution in [-0.4, -0.2) is 26.5 Å². The first-order valence-electron chi connectivity index (χ1n) is 8.74. The molecule has 0 saturated heterocycles. The Kier molecular flexibility index (Phi) is 4.22. The zero-order chi connectivity index (χ0) is 19.3. The van der Waals surface area contributed by atoms with Crippen LogP contribution in [0.15, 0.2) is 33.9 Å². The number of hydrogen-bond acceptors (Lipinski definition) is 4. The van der Waals surface area contributed by atoms with Crippen molar-refractivity contribution in [3.8, 4) is 5.69 Å². The van der Waals surface area contributed by atoms with Crippen LogP contribution in [0.5, 0.6) is 0 Å². The summed E-state index contributed by atoms with van der Waals surface area (Å²) in [4.78, 5) is 41.3. The van der Waals surface area contributed by atoms with E-state index in [1.54, 1.807) is 9.47 Å². The lowest BCUT2D eigenvalue weighted by molar-refractivity contribution is -0.129. The first-order chi connectivity index (χ1) is 12.9. The Morgan fingerprint density at radius 1 is 1.22 bits per heavy atom. The summed E-state index contributed by atoms with van der Waals surface area (Å²) < 4.78 is 16.0. The molecule has 0 aliphatic carbocycles. The normalized spacial score (nSPS) is 13.8. The molecule has 2 aromatic heterocycles. The van der Waals surface area contributed by atoms with Crippen molar-refractivity contribution in [1.82, 2.24) is 14.0 Å². The molecule has 6 nitrogen and oxygen atoms in total. The third kappa shape index (κ3) is 2.71. The highest BCUT2D eigenvalue weighted by atomic mass is 32.1. The molecule has 4 rings (SSSR count). The molecule has 1 aliphatic rings. The van der Waals surface area contributed by atoms with Crippen molar-refractivity contribution < 1.29 is 9.18 Å². The first-order valence-corrected chi connectivity index (χ1v) is 9.55. The first kappa shape index (κ1) is 17.7. The molecule has 0 bridgehead atoms. The average Bonchev–Trinajstić information content (AvgIpc) is 3.02. The van der Waals surface area contributed by atoms with Crippen molar-refractivity contribution in [1.29, 1.82) is 0 Å². The van der Waals surface area contributed by atoms with Gasteiger partial charge in [0.2, 0.25) is 5.91 Å². The minimum absolute atomic E-state index is 0.00490. The molecule has 0 spiro atoms. The predicted octanol–water partition coefficient (Wildman–Crippen LogP) is 2.28. The number of carbonyl (C=O) groups is 1. The van der Waals surface area contributed by atoms with E-state index in [9.17, 15) is 18.8 Å². The topological polar surface area (TPSA) is 64.3 Å². The maximum absolute atomic E-state index is 13.3. The average molecular weight is 387 g/mol. The van der Waals surface area contributed by atoms with Gasteiger partial charge in [-0.25, -0.2) is 13.8 Å². The molecule has 0 saturated carbocycles. The van der Waals surface area contributed by atoms with Crippen LogP contribution in [0.2, 0.25) is 0 Å². The van der Waals surface area contributed by atoms with Crippen molar-refractivity contribution in [2.75, 3.05) is 6.54 Å². The fourth-order valence-electron chi connectivity index (χ4n) is 3.57. The molecule has 0 unspecified atom stereocenters. The third-order valence-electron chi connectivity index (χ3n) is 4.97. The number of benzene rings is 1. The number of thiophene rings is 1. The number of halogens is 1. The molecular formula is C19H18FN3O3S.